The monoisotopic (exact) mass is 391 g/mol. The second kappa shape index (κ2) is 9.05. The Labute approximate surface area is 163 Å². The predicted octanol–water partition coefficient (Wildman–Crippen LogP) is 4.22. The minimum atomic E-state index is -0.283. The van der Waals surface area contributed by atoms with Crippen LogP contribution < -0.4 is 20.3 Å². The normalized spacial score (nSPS) is 14.0. The van der Waals surface area contributed by atoms with Crippen molar-refractivity contribution in [3.8, 4) is 5.75 Å². The van der Waals surface area contributed by atoms with Crippen molar-refractivity contribution in [2.45, 2.75) is 6.54 Å². The van der Waals surface area contributed by atoms with Gasteiger partial charge < -0.3 is 20.3 Å². The molecule has 3 rings (SSSR count). The summed E-state index contributed by atoms with van der Waals surface area (Å²) < 4.78 is 5.29. The maximum atomic E-state index is 12.2. The standard InChI is InChI=1S/C19H22ClN3O2S/c1-25-18-5-3-2-4-14(18)13-21-19(24)22-15-6-7-17(16(20)12-15)23-8-10-26-11-9-23/h2-7,12H,8-11,13H2,1H3,(H2,21,22,24). The van der Waals surface area contributed by atoms with Crippen LogP contribution in [0.5, 0.6) is 5.75 Å². The maximum absolute atomic E-state index is 12.2. The number of amides is 2. The van der Waals surface area contributed by atoms with E-state index in [1.807, 2.05) is 48.2 Å². The Morgan fingerprint density at radius 2 is 2.00 bits per heavy atom. The van der Waals surface area contributed by atoms with Gasteiger partial charge >= 0.3 is 6.03 Å². The second-order valence-electron chi connectivity index (χ2n) is 5.89. The third kappa shape index (κ3) is 4.77. The Morgan fingerprint density at radius 1 is 1.23 bits per heavy atom. The van der Waals surface area contributed by atoms with Gasteiger partial charge in [0.05, 0.1) is 17.8 Å². The number of para-hydroxylation sites is 1. The molecule has 1 aliphatic heterocycles. The smallest absolute Gasteiger partial charge is 0.319 e. The number of nitrogens with one attached hydrogen (secondary N) is 2. The molecule has 0 radical (unpaired) electrons. The van der Waals surface area contributed by atoms with Gasteiger partial charge in [0.1, 0.15) is 5.75 Å². The quantitative estimate of drug-likeness (QED) is 0.801. The summed E-state index contributed by atoms with van der Waals surface area (Å²) >= 11 is 8.38. The number of carbonyl (C=O) groups excluding carboxylic acids is 1. The number of nitrogens with zero attached hydrogens (tertiary/aromatic N) is 1. The first kappa shape index (κ1) is 18.7. The summed E-state index contributed by atoms with van der Waals surface area (Å²) in [6, 6.07) is 13.0. The van der Waals surface area contributed by atoms with Gasteiger partial charge in [0.2, 0.25) is 0 Å². The zero-order valence-corrected chi connectivity index (χ0v) is 16.2. The first-order chi connectivity index (χ1) is 12.7. The zero-order chi connectivity index (χ0) is 18.4. The van der Waals surface area contributed by atoms with E-state index in [1.54, 1.807) is 13.2 Å². The summed E-state index contributed by atoms with van der Waals surface area (Å²) in [7, 11) is 1.61. The van der Waals surface area contributed by atoms with Crippen molar-refractivity contribution in [1.29, 1.82) is 0 Å². The Morgan fingerprint density at radius 3 is 2.73 bits per heavy atom. The lowest BCUT2D eigenvalue weighted by Gasteiger charge is -2.29. The summed E-state index contributed by atoms with van der Waals surface area (Å²) in [5.74, 6) is 2.98. The van der Waals surface area contributed by atoms with E-state index in [2.05, 4.69) is 15.5 Å². The number of methoxy groups -OCH3 is 1. The number of anilines is 2. The first-order valence-electron chi connectivity index (χ1n) is 8.46. The largest absolute Gasteiger partial charge is 0.496 e. The van der Waals surface area contributed by atoms with E-state index in [0.717, 1.165) is 41.6 Å². The lowest BCUT2D eigenvalue weighted by molar-refractivity contribution is 0.251. The molecule has 138 valence electrons. The van der Waals surface area contributed by atoms with E-state index in [-0.39, 0.29) is 6.03 Å². The van der Waals surface area contributed by atoms with Gasteiger partial charge in [-0.05, 0) is 24.3 Å². The van der Waals surface area contributed by atoms with Crippen molar-refractivity contribution >= 4 is 40.8 Å². The van der Waals surface area contributed by atoms with Crippen LogP contribution >= 0.6 is 23.4 Å². The summed E-state index contributed by atoms with van der Waals surface area (Å²) in [6.45, 7) is 2.38. The number of thioether (sulfide) groups is 1. The van der Waals surface area contributed by atoms with Crippen molar-refractivity contribution in [2.24, 2.45) is 0 Å². The third-order valence-corrected chi connectivity index (χ3v) is 5.43. The van der Waals surface area contributed by atoms with Gasteiger partial charge in [0, 0.05) is 42.4 Å². The summed E-state index contributed by atoms with van der Waals surface area (Å²) in [5.41, 5.74) is 2.61. The molecule has 0 saturated carbocycles. The number of carbonyl (C=O) groups is 1. The highest BCUT2D eigenvalue weighted by atomic mass is 35.5. The molecule has 7 heteroatoms. The Hall–Kier alpha value is -2.05. The topological polar surface area (TPSA) is 53.6 Å². The van der Waals surface area contributed by atoms with Gasteiger partial charge in [-0.15, -0.1) is 0 Å². The fourth-order valence-corrected chi connectivity index (χ4v) is 4.05. The van der Waals surface area contributed by atoms with Gasteiger partial charge in [-0.25, -0.2) is 4.79 Å². The van der Waals surface area contributed by atoms with Gasteiger partial charge in [0.25, 0.3) is 0 Å². The van der Waals surface area contributed by atoms with E-state index in [1.165, 1.54) is 0 Å². The van der Waals surface area contributed by atoms with Crippen LogP contribution in [0.3, 0.4) is 0 Å². The van der Waals surface area contributed by atoms with Gasteiger partial charge in [-0.1, -0.05) is 29.8 Å². The van der Waals surface area contributed by atoms with Crippen molar-refractivity contribution in [3.63, 3.8) is 0 Å². The van der Waals surface area contributed by atoms with Crippen LogP contribution in [0.1, 0.15) is 5.56 Å². The zero-order valence-electron chi connectivity index (χ0n) is 14.6. The molecular weight excluding hydrogens is 370 g/mol. The average Bonchev–Trinajstić information content (AvgIpc) is 2.67. The fourth-order valence-electron chi connectivity index (χ4n) is 2.85. The number of rotatable bonds is 5. The maximum Gasteiger partial charge on any atom is 0.319 e. The fraction of sp³-hybridized carbons (Fsp3) is 0.316. The first-order valence-corrected chi connectivity index (χ1v) is 9.99. The molecule has 2 amide bonds. The molecule has 0 aromatic heterocycles. The number of ether oxygens (including phenoxy) is 1. The van der Waals surface area contributed by atoms with E-state index >= 15 is 0 Å². The molecule has 0 atom stereocenters. The molecule has 0 unspecified atom stereocenters. The van der Waals surface area contributed by atoms with E-state index in [0.29, 0.717) is 17.3 Å². The predicted molar refractivity (Wildman–Crippen MR) is 110 cm³/mol. The molecule has 2 N–H and O–H groups in total. The number of hydrogen-bond donors (Lipinski definition) is 2. The van der Waals surface area contributed by atoms with Crippen LogP contribution in [0.4, 0.5) is 16.2 Å². The molecular formula is C19H22ClN3O2S. The SMILES string of the molecule is COc1ccccc1CNC(=O)Nc1ccc(N2CCSCC2)c(Cl)c1. The minimum Gasteiger partial charge on any atom is -0.496 e. The van der Waals surface area contributed by atoms with Crippen LogP contribution in [0.25, 0.3) is 0 Å². The van der Waals surface area contributed by atoms with Gasteiger partial charge in [-0.3, -0.25) is 0 Å². The number of halogens is 1. The molecule has 2 aromatic carbocycles. The van der Waals surface area contributed by atoms with Crippen molar-refractivity contribution < 1.29 is 9.53 Å². The molecule has 1 aliphatic rings. The van der Waals surface area contributed by atoms with Crippen LogP contribution in [0, 0.1) is 0 Å². The van der Waals surface area contributed by atoms with Crippen molar-refractivity contribution in [2.75, 3.05) is 41.9 Å². The van der Waals surface area contributed by atoms with Crippen LogP contribution in [-0.4, -0.2) is 37.7 Å². The molecule has 5 nitrogen and oxygen atoms in total. The molecule has 26 heavy (non-hydrogen) atoms. The Bertz CT molecular complexity index is 766. The highest BCUT2D eigenvalue weighted by molar-refractivity contribution is 7.99. The third-order valence-electron chi connectivity index (χ3n) is 4.19. The van der Waals surface area contributed by atoms with Gasteiger partial charge in [-0.2, -0.15) is 11.8 Å². The number of hydrogen-bond acceptors (Lipinski definition) is 4. The lowest BCUT2D eigenvalue weighted by Crippen LogP contribution is -2.32. The minimum absolute atomic E-state index is 0.283. The molecule has 1 fully saturated rings. The van der Waals surface area contributed by atoms with E-state index < -0.39 is 0 Å². The molecule has 0 spiro atoms. The summed E-state index contributed by atoms with van der Waals surface area (Å²) in [5, 5.41) is 6.31. The lowest BCUT2D eigenvalue weighted by atomic mass is 10.2. The van der Waals surface area contributed by atoms with Crippen molar-refractivity contribution in [3.05, 3.63) is 53.1 Å². The number of benzene rings is 2. The second-order valence-corrected chi connectivity index (χ2v) is 7.52. The highest BCUT2D eigenvalue weighted by Crippen LogP contribution is 2.30. The molecule has 0 aliphatic carbocycles. The van der Waals surface area contributed by atoms with E-state index in [9.17, 15) is 4.79 Å². The van der Waals surface area contributed by atoms with Gasteiger partial charge in [0.15, 0.2) is 0 Å². The molecule has 1 heterocycles. The van der Waals surface area contributed by atoms with Crippen molar-refractivity contribution in [1.82, 2.24) is 5.32 Å². The molecule has 1 saturated heterocycles. The Balaban J connectivity index is 1.58. The highest BCUT2D eigenvalue weighted by Gasteiger charge is 2.15. The molecule has 0 bridgehead atoms. The summed E-state index contributed by atoms with van der Waals surface area (Å²) in [4.78, 5) is 14.4. The van der Waals surface area contributed by atoms with Crippen LogP contribution in [0.2, 0.25) is 5.02 Å². The average molecular weight is 392 g/mol. The van der Waals surface area contributed by atoms with E-state index in [4.69, 9.17) is 16.3 Å². The number of urea groups is 1. The summed E-state index contributed by atoms with van der Waals surface area (Å²) in [6.07, 6.45) is 0. The molecule has 2 aromatic rings. The van der Waals surface area contributed by atoms with Crippen LogP contribution in [0.15, 0.2) is 42.5 Å². The Kier molecular flexibility index (Phi) is 6.52. The van der Waals surface area contributed by atoms with Crippen LogP contribution in [-0.2, 0) is 6.54 Å².